The minimum absolute atomic E-state index is 0.318. The van der Waals surface area contributed by atoms with E-state index in [9.17, 15) is 4.79 Å². The van der Waals surface area contributed by atoms with Gasteiger partial charge in [0.15, 0.2) is 0 Å². The van der Waals surface area contributed by atoms with Crippen LogP contribution < -0.4 is 15.8 Å². The normalized spacial score (nSPS) is 14.9. The van der Waals surface area contributed by atoms with Gasteiger partial charge >= 0.3 is 5.63 Å². The maximum absolute atomic E-state index is 12.7. The molecule has 5 rings (SSSR count). The first-order valence-corrected chi connectivity index (χ1v) is 9.16. The lowest BCUT2D eigenvalue weighted by atomic mass is 10.1. The highest BCUT2D eigenvalue weighted by molar-refractivity contribution is 5.85. The van der Waals surface area contributed by atoms with Gasteiger partial charge in [-0.05, 0) is 31.2 Å². The number of nitrogens with zero attached hydrogens (tertiary/aromatic N) is 3. The minimum atomic E-state index is -0.318. The highest BCUT2D eigenvalue weighted by Crippen LogP contribution is 2.27. The third kappa shape index (κ3) is 2.78. The zero-order valence-corrected chi connectivity index (χ0v) is 15.1. The predicted octanol–water partition coefficient (Wildman–Crippen LogP) is 2.83. The summed E-state index contributed by atoms with van der Waals surface area (Å²) in [5, 5.41) is 4.27. The van der Waals surface area contributed by atoms with Crippen LogP contribution in [0.5, 0.6) is 0 Å². The fourth-order valence-electron chi connectivity index (χ4n) is 3.74. The summed E-state index contributed by atoms with van der Waals surface area (Å²) in [6.07, 6.45) is 5.58. The summed E-state index contributed by atoms with van der Waals surface area (Å²) >= 11 is 0. The number of piperazine rings is 1. The van der Waals surface area contributed by atoms with Crippen LogP contribution in [0.25, 0.3) is 27.6 Å². The van der Waals surface area contributed by atoms with Gasteiger partial charge in [0, 0.05) is 67.5 Å². The van der Waals surface area contributed by atoms with Crippen molar-refractivity contribution in [1.82, 2.24) is 14.7 Å². The van der Waals surface area contributed by atoms with Crippen LogP contribution in [-0.2, 0) is 0 Å². The van der Waals surface area contributed by atoms with Gasteiger partial charge < -0.3 is 19.0 Å². The molecule has 0 unspecified atom stereocenters. The van der Waals surface area contributed by atoms with Crippen molar-refractivity contribution >= 4 is 22.2 Å². The first kappa shape index (κ1) is 16.1. The second-order valence-corrected chi connectivity index (χ2v) is 6.94. The Morgan fingerprint density at radius 3 is 2.81 bits per heavy atom. The smallest absolute Gasteiger partial charge is 0.344 e. The summed E-state index contributed by atoms with van der Waals surface area (Å²) in [5.74, 6) is 0. The van der Waals surface area contributed by atoms with Crippen LogP contribution in [0.4, 0.5) is 5.69 Å². The average molecular weight is 360 g/mol. The third-order valence-electron chi connectivity index (χ3n) is 5.23. The minimum Gasteiger partial charge on any atom is -0.422 e. The zero-order chi connectivity index (χ0) is 18.4. The second kappa shape index (κ2) is 6.25. The molecule has 0 spiro atoms. The van der Waals surface area contributed by atoms with Gasteiger partial charge in [-0.2, -0.15) is 0 Å². The molecule has 1 aliphatic heterocycles. The van der Waals surface area contributed by atoms with Gasteiger partial charge in [-0.1, -0.05) is 0 Å². The van der Waals surface area contributed by atoms with Gasteiger partial charge in [-0.25, -0.2) is 4.79 Å². The molecule has 0 saturated carbocycles. The number of fused-ring (bicyclic) bond motifs is 2. The van der Waals surface area contributed by atoms with E-state index in [1.807, 2.05) is 48.0 Å². The van der Waals surface area contributed by atoms with Crippen LogP contribution in [-0.4, -0.2) is 35.6 Å². The topological polar surface area (TPSA) is 62.8 Å². The Labute approximate surface area is 156 Å². The van der Waals surface area contributed by atoms with Gasteiger partial charge in [0.05, 0.1) is 16.8 Å². The largest absolute Gasteiger partial charge is 0.422 e. The van der Waals surface area contributed by atoms with Crippen LogP contribution >= 0.6 is 0 Å². The summed E-state index contributed by atoms with van der Waals surface area (Å²) in [7, 11) is 0. The van der Waals surface area contributed by atoms with E-state index < -0.39 is 0 Å². The number of hydrogen-bond donors (Lipinski definition) is 1. The van der Waals surface area contributed by atoms with Crippen molar-refractivity contribution in [1.29, 1.82) is 0 Å². The lowest BCUT2D eigenvalue weighted by Gasteiger charge is -2.29. The summed E-state index contributed by atoms with van der Waals surface area (Å²) in [6.45, 7) is 5.81. The van der Waals surface area contributed by atoms with Gasteiger partial charge in [-0.3, -0.25) is 4.98 Å². The molecule has 27 heavy (non-hydrogen) atoms. The first-order valence-electron chi connectivity index (χ1n) is 9.16. The first-order chi connectivity index (χ1) is 13.2. The van der Waals surface area contributed by atoms with Gasteiger partial charge in [0.1, 0.15) is 5.58 Å². The Balaban J connectivity index is 1.60. The molecule has 4 heterocycles. The van der Waals surface area contributed by atoms with Crippen molar-refractivity contribution in [2.75, 3.05) is 31.1 Å². The molecule has 3 aromatic heterocycles. The van der Waals surface area contributed by atoms with Crippen molar-refractivity contribution in [2.45, 2.75) is 6.92 Å². The number of hydrogen-bond acceptors (Lipinski definition) is 5. The van der Waals surface area contributed by atoms with E-state index in [1.54, 1.807) is 6.20 Å². The monoisotopic (exact) mass is 360 g/mol. The van der Waals surface area contributed by atoms with Crippen LogP contribution in [0.1, 0.15) is 5.69 Å². The number of anilines is 1. The third-order valence-corrected chi connectivity index (χ3v) is 5.23. The molecule has 0 radical (unpaired) electrons. The zero-order valence-electron chi connectivity index (χ0n) is 15.1. The molecule has 6 nitrogen and oxygen atoms in total. The van der Waals surface area contributed by atoms with Crippen LogP contribution in [0.2, 0.25) is 0 Å². The van der Waals surface area contributed by atoms with Crippen molar-refractivity contribution in [3.8, 4) is 11.1 Å². The molecule has 0 atom stereocenters. The average Bonchev–Trinajstić information content (AvgIpc) is 3.13. The van der Waals surface area contributed by atoms with Crippen LogP contribution in [0.15, 0.2) is 58.1 Å². The Morgan fingerprint density at radius 2 is 2.00 bits per heavy atom. The highest BCUT2D eigenvalue weighted by Gasteiger charge is 2.14. The molecule has 0 amide bonds. The molecule has 1 aromatic carbocycles. The lowest BCUT2D eigenvalue weighted by Crippen LogP contribution is -2.43. The molecule has 0 aliphatic carbocycles. The summed E-state index contributed by atoms with van der Waals surface area (Å²) in [6, 6.07) is 10.00. The molecule has 0 bridgehead atoms. The lowest BCUT2D eigenvalue weighted by molar-refractivity contribution is 0.561. The van der Waals surface area contributed by atoms with E-state index in [1.165, 1.54) is 0 Å². The Morgan fingerprint density at radius 1 is 1.15 bits per heavy atom. The van der Waals surface area contributed by atoms with Gasteiger partial charge in [-0.15, -0.1) is 0 Å². The fraction of sp³-hybridized carbons (Fsp3) is 0.238. The van der Waals surface area contributed by atoms with Crippen molar-refractivity contribution in [3.63, 3.8) is 0 Å². The maximum Gasteiger partial charge on any atom is 0.344 e. The SMILES string of the molecule is Cc1nccn2cc(-c3cc4ccc(N5CCNCC5)cc4oc3=O)cc12. The number of aryl methyl sites for hydroxylation is 1. The summed E-state index contributed by atoms with van der Waals surface area (Å²) in [5.41, 5.74) is 4.73. The molecule has 6 heteroatoms. The van der Waals surface area contributed by atoms with E-state index in [-0.39, 0.29) is 5.63 Å². The van der Waals surface area contributed by atoms with E-state index in [2.05, 4.69) is 21.3 Å². The van der Waals surface area contributed by atoms with Crippen molar-refractivity contribution in [2.24, 2.45) is 0 Å². The van der Waals surface area contributed by atoms with E-state index in [0.29, 0.717) is 11.1 Å². The van der Waals surface area contributed by atoms with Gasteiger partial charge in [0.2, 0.25) is 0 Å². The number of benzene rings is 1. The van der Waals surface area contributed by atoms with Crippen LogP contribution in [0, 0.1) is 6.92 Å². The summed E-state index contributed by atoms with van der Waals surface area (Å²) in [4.78, 5) is 19.3. The van der Waals surface area contributed by atoms with E-state index in [4.69, 9.17) is 4.42 Å². The molecule has 1 fully saturated rings. The molecule has 4 aromatic rings. The van der Waals surface area contributed by atoms with Crippen molar-refractivity contribution < 1.29 is 4.42 Å². The quantitative estimate of drug-likeness (QED) is 0.557. The number of rotatable bonds is 2. The molecule has 1 aliphatic rings. The number of nitrogens with one attached hydrogen (secondary N) is 1. The molecule has 1 saturated heterocycles. The standard InChI is InChI=1S/C21H20N4O2/c1-14-19-11-16(13-25(19)9-6-23-14)18-10-15-2-3-17(12-20(15)27-21(18)26)24-7-4-22-5-8-24/h2-3,6,9-13,22H,4-5,7-8H2,1H3. The van der Waals surface area contributed by atoms with Crippen molar-refractivity contribution in [3.05, 3.63) is 65.0 Å². The second-order valence-electron chi connectivity index (χ2n) is 6.94. The Bertz CT molecular complexity index is 1200. The fourth-order valence-corrected chi connectivity index (χ4v) is 3.74. The molecule has 1 N–H and O–H groups in total. The number of aromatic nitrogens is 2. The van der Waals surface area contributed by atoms with E-state index in [0.717, 1.165) is 54.0 Å². The predicted molar refractivity (Wildman–Crippen MR) is 106 cm³/mol. The Hall–Kier alpha value is -3.12. The highest BCUT2D eigenvalue weighted by atomic mass is 16.4. The van der Waals surface area contributed by atoms with Gasteiger partial charge in [0.25, 0.3) is 0 Å². The molecule has 136 valence electrons. The maximum atomic E-state index is 12.7. The van der Waals surface area contributed by atoms with Crippen LogP contribution in [0.3, 0.4) is 0 Å². The van der Waals surface area contributed by atoms with E-state index >= 15 is 0 Å². The Kier molecular flexibility index (Phi) is 3.72. The molecular formula is C21H20N4O2. The molecular weight excluding hydrogens is 340 g/mol. The summed E-state index contributed by atoms with van der Waals surface area (Å²) < 4.78 is 7.66.